The van der Waals surface area contributed by atoms with E-state index >= 15 is 0 Å². The second kappa shape index (κ2) is 5.51. The van der Waals surface area contributed by atoms with E-state index in [1.54, 1.807) is 20.0 Å². The van der Waals surface area contributed by atoms with E-state index in [4.69, 9.17) is 10.9 Å². The third-order valence-electron chi connectivity index (χ3n) is 2.22. The van der Waals surface area contributed by atoms with Crippen LogP contribution in [-0.4, -0.2) is 32.8 Å². The van der Waals surface area contributed by atoms with Crippen LogP contribution in [0.1, 0.15) is 5.69 Å². The second-order valence-electron chi connectivity index (χ2n) is 3.68. The number of oxime groups is 1. The van der Waals surface area contributed by atoms with Gasteiger partial charge in [-0.05, 0) is 13.0 Å². The predicted molar refractivity (Wildman–Crippen MR) is 61.6 cm³/mol. The van der Waals surface area contributed by atoms with Crippen LogP contribution >= 0.6 is 11.8 Å². The van der Waals surface area contributed by atoms with E-state index in [2.05, 4.69) is 10.3 Å². The largest absolute Gasteiger partial charge is 0.409 e. The summed E-state index contributed by atoms with van der Waals surface area (Å²) in [5.41, 5.74) is 5.77. The molecule has 0 amide bonds. The van der Waals surface area contributed by atoms with Crippen LogP contribution in [-0.2, 0) is 7.05 Å². The summed E-state index contributed by atoms with van der Waals surface area (Å²) in [4.78, 5) is 0. The van der Waals surface area contributed by atoms with Crippen molar-refractivity contribution in [2.24, 2.45) is 23.9 Å². The maximum absolute atomic E-state index is 12.7. The summed E-state index contributed by atoms with van der Waals surface area (Å²) >= 11 is 0.955. The molecular weight excluding hydrogens is 269 g/mol. The summed E-state index contributed by atoms with van der Waals surface area (Å²) in [5, 5.41) is 15.4. The van der Waals surface area contributed by atoms with Gasteiger partial charge in [-0.25, -0.2) is 0 Å². The normalized spacial score (nSPS) is 14.8. The average molecular weight is 282 g/mol. The fourth-order valence-electron chi connectivity index (χ4n) is 1.31. The third kappa shape index (κ3) is 3.56. The topological polar surface area (TPSA) is 76.4 Å². The van der Waals surface area contributed by atoms with E-state index < -0.39 is 17.9 Å². The molecule has 1 aromatic rings. The van der Waals surface area contributed by atoms with Crippen molar-refractivity contribution in [3.05, 3.63) is 11.8 Å². The van der Waals surface area contributed by atoms with Gasteiger partial charge in [-0.1, -0.05) is 5.16 Å². The Hall–Kier alpha value is -1.38. The van der Waals surface area contributed by atoms with Gasteiger partial charge in [0.05, 0.1) is 10.7 Å². The van der Waals surface area contributed by atoms with Crippen LogP contribution in [0, 0.1) is 12.8 Å². The van der Waals surface area contributed by atoms with Crippen molar-refractivity contribution < 1.29 is 18.4 Å². The number of halogens is 3. The molecule has 9 heteroatoms. The van der Waals surface area contributed by atoms with Gasteiger partial charge in [0.1, 0.15) is 5.92 Å². The molecule has 0 fully saturated rings. The molecule has 3 N–H and O–H groups in total. The van der Waals surface area contributed by atoms with E-state index in [9.17, 15) is 13.2 Å². The van der Waals surface area contributed by atoms with Gasteiger partial charge in [0.2, 0.25) is 0 Å². The Labute approximate surface area is 106 Å². The molecule has 0 aliphatic rings. The number of hydrogen-bond acceptors (Lipinski definition) is 4. The molecule has 0 bridgehead atoms. The molecular formula is C9H13F3N4OS. The minimum absolute atomic E-state index is 0.363. The van der Waals surface area contributed by atoms with Crippen molar-refractivity contribution in [1.82, 2.24) is 9.78 Å². The molecule has 0 radical (unpaired) electrons. The SMILES string of the molecule is Cc1cc(SCC(/C(N)=N/O)C(F)(F)F)n(C)n1. The Morgan fingerprint density at radius 1 is 1.67 bits per heavy atom. The van der Waals surface area contributed by atoms with Gasteiger partial charge in [0, 0.05) is 12.8 Å². The Bertz CT molecular complexity index is 444. The Morgan fingerprint density at radius 3 is 2.67 bits per heavy atom. The Kier molecular flexibility index (Phi) is 4.49. The zero-order chi connectivity index (χ0) is 13.9. The highest BCUT2D eigenvalue weighted by atomic mass is 32.2. The first kappa shape index (κ1) is 14.7. The van der Waals surface area contributed by atoms with Crippen LogP contribution in [0.2, 0.25) is 0 Å². The van der Waals surface area contributed by atoms with Crippen LogP contribution in [0.25, 0.3) is 0 Å². The number of nitrogens with two attached hydrogens (primary N) is 1. The molecule has 102 valence electrons. The second-order valence-corrected chi connectivity index (χ2v) is 4.72. The highest BCUT2D eigenvalue weighted by molar-refractivity contribution is 7.99. The fourth-order valence-corrected chi connectivity index (χ4v) is 2.49. The van der Waals surface area contributed by atoms with Crippen LogP contribution in [0.4, 0.5) is 13.2 Å². The van der Waals surface area contributed by atoms with Gasteiger partial charge in [-0.15, -0.1) is 11.8 Å². The van der Waals surface area contributed by atoms with Crippen LogP contribution in [0.5, 0.6) is 0 Å². The molecule has 0 spiro atoms. The smallest absolute Gasteiger partial charge is 0.399 e. The van der Waals surface area contributed by atoms with Crippen molar-refractivity contribution >= 4 is 17.6 Å². The van der Waals surface area contributed by atoms with Gasteiger partial charge in [-0.3, -0.25) is 4.68 Å². The first-order valence-electron chi connectivity index (χ1n) is 4.93. The Balaban J connectivity index is 2.78. The highest BCUT2D eigenvalue weighted by Crippen LogP contribution is 2.31. The molecule has 1 heterocycles. The minimum atomic E-state index is -4.54. The first-order valence-corrected chi connectivity index (χ1v) is 5.92. The van der Waals surface area contributed by atoms with E-state index in [1.807, 2.05) is 0 Å². The predicted octanol–water partition coefficient (Wildman–Crippen LogP) is 1.75. The number of hydrogen-bond donors (Lipinski definition) is 2. The van der Waals surface area contributed by atoms with Crippen LogP contribution < -0.4 is 5.73 Å². The molecule has 5 nitrogen and oxygen atoms in total. The quantitative estimate of drug-likeness (QED) is 0.290. The van der Waals surface area contributed by atoms with E-state index in [-0.39, 0.29) is 5.75 Å². The van der Waals surface area contributed by atoms with E-state index in [0.717, 1.165) is 11.8 Å². The number of amidine groups is 1. The lowest BCUT2D eigenvalue weighted by atomic mass is 10.1. The Morgan fingerprint density at radius 2 is 2.28 bits per heavy atom. The maximum atomic E-state index is 12.7. The summed E-state index contributed by atoms with van der Waals surface area (Å²) in [6.07, 6.45) is -4.54. The van der Waals surface area contributed by atoms with Gasteiger partial charge in [-0.2, -0.15) is 18.3 Å². The summed E-state index contributed by atoms with van der Waals surface area (Å²) in [6.45, 7) is 1.74. The molecule has 0 aromatic carbocycles. The van der Waals surface area contributed by atoms with Crippen molar-refractivity contribution in [3.63, 3.8) is 0 Å². The minimum Gasteiger partial charge on any atom is -0.409 e. The van der Waals surface area contributed by atoms with Gasteiger partial charge >= 0.3 is 6.18 Å². The summed E-state index contributed by atoms with van der Waals surface area (Å²) < 4.78 is 39.5. The number of alkyl halides is 3. The molecule has 0 aliphatic heterocycles. The number of thioether (sulfide) groups is 1. The van der Waals surface area contributed by atoms with E-state index in [1.165, 1.54) is 4.68 Å². The lowest BCUT2D eigenvalue weighted by molar-refractivity contribution is -0.150. The highest BCUT2D eigenvalue weighted by Gasteiger charge is 2.42. The number of nitrogens with zero attached hydrogens (tertiary/aromatic N) is 3. The number of aryl methyl sites for hydroxylation is 2. The molecule has 1 atom stereocenters. The molecule has 1 unspecified atom stereocenters. The number of rotatable bonds is 4. The van der Waals surface area contributed by atoms with Crippen molar-refractivity contribution in [2.75, 3.05) is 5.75 Å². The third-order valence-corrected chi connectivity index (χ3v) is 3.40. The summed E-state index contributed by atoms with van der Waals surface area (Å²) in [6, 6.07) is 1.67. The number of aromatic nitrogens is 2. The zero-order valence-electron chi connectivity index (χ0n) is 9.77. The van der Waals surface area contributed by atoms with Crippen LogP contribution in [0.15, 0.2) is 16.2 Å². The molecule has 18 heavy (non-hydrogen) atoms. The molecule has 1 rings (SSSR count). The summed E-state index contributed by atoms with van der Waals surface area (Å²) in [7, 11) is 1.64. The van der Waals surface area contributed by atoms with Crippen molar-refractivity contribution in [3.8, 4) is 0 Å². The zero-order valence-corrected chi connectivity index (χ0v) is 10.6. The lowest BCUT2D eigenvalue weighted by Gasteiger charge is -2.18. The van der Waals surface area contributed by atoms with Gasteiger partial charge in [0.15, 0.2) is 5.84 Å². The average Bonchev–Trinajstić information content (AvgIpc) is 2.55. The van der Waals surface area contributed by atoms with Crippen LogP contribution in [0.3, 0.4) is 0 Å². The van der Waals surface area contributed by atoms with E-state index in [0.29, 0.717) is 10.7 Å². The molecule has 0 saturated carbocycles. The van der Waals surface area contributed by atoms with Crippen molar-refractivity contribution in [2.45, 2.75) is 18.1 Å². The monoisotopic (exact) mass is 282 g/mol. The van der Waals surface area contributed by atoms with Gasteiger partial charge < -0.3 is 10.9 Å². The lowest BCUT2D eigenvalue weighted by Crippen LogP contribution is -2.37. The fraction of sp³-hybridized carbons (Fsp3) is 0.556. The standard InChI is InChI=1S/C9H13F3N4OS/c1-5-3-7(16(2)14-5)18-4-6(8(13)15-17)9(10,11)12/h3,6,17H,4H2,1-2H3,(H2,13,15). The van der Waals surface area contributed by atoms with Gasteiger partial charge in [0.25, 0.3) is 0 Å². The molecule has 0 aliphatic carbocycles. The summed E-state index contributed by atoms with van der Waals surface area (Å²) in [5.74, 6) is -3.19. The molecule has 0 saturated heterocycles. The first-order chi connectivity index (χ1) is 8.25. The maximum Gasteiger partial charge on any atom is 0.399 e. The molecule has 1 aromatic heterocycles. The van der Waals surface area contributed by atoms with Crippen molar-refractivity contribution in [1.29, 1.82) is 0 Å².